The summed E-state index contributed by atoms with van der Waals surface area (Å²) in [6, 6.07) is 4.14. The summed E-state index contributed by atoms with van der Waals surface area (Å²) in [4.78, 5) is 23.2. The van der Waals surface area contributed by atoms with Crippen molar-refractivity contribution in [3.8, 4) is 0 Å². The molecule has 2 N–H and O–H groups in total. The van der Waals surface area contributed by atoms with Crippen LogP contribution in [0.5, 0.6) is 0 Å². The van der Waals surface area contributed by atoms with E-state index in [9.17, 15) is 19.1 Å². The molecule has 0 heterocycles. The van der Waals surface area contributed by atoms with Gasteiger partial charge in [0.1, 0.15) is 11.9 Å². The van der Waals surface area contributed by atoms with E-state index in [2.05, 4.69) is 12.2 Å². The molecule has 4 nitrogen and oxygen atoms in total. The van der Waals surface area contributed by atoms with Gasteiger partial charge in [-0.05, 0) is 30.7 Å². The van der Waals surface area contributed by atoms with Crippen LogP contribution in [0.1, 0.15) is 62.2 Å². The number of carbonyl (C=O) groups is 2. The average molecular weight is 309 g/mol. The maximum atomic E-state index is 12.8. The summed E-state index contributed by atoms with van der Waals surface area (Å²) in [5, 5.41) is 11.7. The lowest BCUT2D eigenvalue weighted by atomic mass is 10.1. The fourth-order valence-corrected chi connectivity index (χ4v) is 2.23. The van der Waals surface area contributed by atoms with E-state index < -0.39 is 23.7 Å². The van der Waals surface area contributed by atoms with Crippen LogP contribution in [0.3, 0.4) is 0 Å². The highest BCUT2D eigenvalue weighted by Gasteiger charge is 2.20. The van der Waals surface area contributed by atoms with Crippen molar-refractivity contribution in [2.75, 3.05) is 0 Å². The van der Waals surface area contributed by atoms with Crippen LogP contribution in [0.4, 0.5) is 4.39 Å². The van der Waals surface area contributed by atoms with Crippen molar-refractivity contribution in [2.45, 2.75) is 57.9 Å². The number of carboxylic acids is 1. The molecular formula is C17H24FNO3. The Hall–Kier alpha value is -1.91. The predicted molar refractivity (Wildman–Crippen MR) is 83.3 cm³/mol. The topological polar surface area (TPSA) is 66.4 Å². The van der Waals surface area contributed by atoms with Gasteiger partial charge in [-0.2, -0.15) is 0 Å². The molecule has 0 fully saturated rings. The SMILES string of the molecule is CCCCCCCC[C@H](NC(=O)c1ccc(F)cc1)C(=O)O. The number of hydrogen-bond donors (Lipinski definition) is 2. The lowest BCUT2D eigenvalue weighted by Gasteiger charge is -2.14. The van der Waals surface area contributed by atoms with E-state index in [1.807, 2.05) is 0 Å². The summed E-state index contributed by atoms with van der Waals surface area (Å²) in [5.74, 6) is -1.96. The van der Waals surface area contributed by atoms with Crippen LogP contribution in [0.25, 0.3) is 0 Å². The fraction of sp³-hybridized carbons (Fsp3) is 0.529. The number of rotatable bonds is 10. The molecule has 0 aliphatic rings. The zero-order valence-corrected chi connectivity index (χ0v) is 13.0. The zero-order chi connectivity index (χ0) is 16.4. The van der Waals surface area contributed by atoms with Gasteiger partial charge in [-0.15, -0.1) is 0 Å². The van der Waals surface area contributed by atoms with Gasteiger partial charge < -0.3 is 10.4 Å². The standard InChI is InChI=1S/C17H24FNO3/c1-2-3-4-5-6-7-8-15(17(21)22)19-16(20)13-9-11-14(18)12-10-13/h9-12,15H,2-8H2,1H3,(H,19,20)(H,21,22)/t15-/m0/s1. The van der Waals surface area contributed by atoms with Gasteiger partial charge >= 0.3 is 5.97 Å². The smallest absolute Gasteiger partial charge is 0.326 e. The van der Waals surface area contributed by atoms with Crippen LogP contribution in [0.15, 0.2) is 24.3 Å². The molecule has 0 saturated heterocycles. The molecule has 1 aromatic rings. The normalized spacial score (nSPS) is 11.9. The molecule has 22 heavy (non-hydrogen) atoms. The Bertz CT molecular complexity index is 473. The number of amides is 1. The number of carboxylic acid groups (broad SMARTS) is 1. The van der Waals surface area contributed by atoms with Gasteiger partial charge in [0, 0.05) is 5.56 Å². The van der Waals surface area contributed by atoms with E-state index in [-0.39, 0.29) is 5.56 Å². The molecule has 0 aliphatic heterocycles. The quantitative estimate of drug-likeness (QED) is 0.647. The summed E-state index contributed by atoms with van der Waals surface area (Å²) in [5.41, 5.74) is 0.260. The third-order valence-corrected chi connectivity index (χ3v) is 3.56. The fourth-order valence-electron chi connectivity index (χ4n) is 2.23. The molecule has 1 atom stereocenters. The third kappa shape index (κ3) is 6.70. The highest BCUT2D eigenvalue weighted by molar-refractivity contribution is 5.96. The second-order valence-corrected chi connectivity index (χ2v) is 5.43. The Balaban J connectivity index is 2.41. The molecule has 0 bridgehead atoms. The molecular weight excluding hydrogens is 285 g/mol. The van der Waals surface area contributed by atoms with Crippen LogP contribution in [-0.2, 0) is 4.79 Å². The van der Waals surface area contributed by atoms with Gasteiger partial charge in [-0.1, -0.05) is 45.4 Å². The lowest BCUT2D eigenvalue weighted by molar-refractivity contribution is -0.139. The molecule has 0 unspecified atom stereocenters. The van der Waals surface area contributed by atoms with Gasteiger partial charge in [0.15, 0.2) is 0 Å². The second-order valence-electron chi connectivity index (χ2n) is 5.43. The monoisotopic (exact) mass is 309 g/mol. The van der Waals surface area contributed by atoms with E-state index in [4.69, 9.17) is 0 Å². The lowest BCUT2D eigenvalue weighted by Crippen LogP contribution is -2.40. The number of aliphatic carboxylic acids is 1. The van der Waals surface area contributed by atoms with Crippen molar-refractivity contribution in [3.63, 3.8) is 0 Å². The molecule has 0 radical (unpaired) electrons. The zero-order valence-electron chi connectivity index (χ0n) is 13.0. The van der Waals surface area contributed by atoms with E-state index >= 15 is 0 Å². The first kappa shape index (κ1) is 18.1. The summed E-state index contributed by atoms with van der Waals surface area (Å²) >= 11 is 0. The van der Waals surface area contributed by atoms with Gasteiger partial charge in [-0.25, -0.2) is 9.18 Å². The largest absolute Gasteiger partial charge is 0.480 e. The number of halogens is 1. The number of nitrogens with one attached hydrogen (secondary N) is 1. The molecule has 1 amide bonds. The molecule has 0 aliphatic carbocycles. The minimum atomic E-state index is -1.04. The highest BCUT2D eigenvalue weighted by Crippen LogP contribution is 2.10. The van der Waals surface area contributed by atoms with Crippen LogP contribution >= 0.6 is 0 Å². The number of unbranched alkanes of at least 4 members (excludes halogenated alkanes) is 5. The first-order chi connectivity index (χ1) is 10.5. The van der Waals surface area contributed by atoms with Crippen molar-refractivity contribution >= 4 is 11.9 Å². The number of benzene rings is 1. The van der Waals surface area contributed by atoms with Gasteiger partial charge in [0.05, 0.1) is 0 Å². The van der Waals surface area contributed by atoms with Crippen LogP contribution in [0, 0.1) is 5.82 Å². The molecule has 122 valence electrons. The van der Waals surface area contributed by atoms with Crippen molar-refractivity contribution in [1.29, 1.82) is 0 Å². The van der Waals surface area contributed by atoms with Crippen molar-refractivity contribution in [2.24, 2.45) is 0 Å². The van der Waals surface area contributed by atoms with E-state index in [1.165, 1.54) is 37.1 Å². The van der Waals surface area contributed by atoms with Gasteiger partial charge in [0.25, 0.3) is 5.91 Å². The van der Waals surface area contributed by atoms with Crippen molar-refractivity contribution in [1.82, 2.24) is 5.32 Å². The molecule has 0 spiro atoms. The Labute approximate surface area is 130 Å². The van der Waals surface area contributed by atoms with Gasteiger partial charge in [0.2, 0.25) is 0 Å². The second kappa shape index (κ2) is 9.92. The van der Waals surface area contributed by atoms with Crippen LogP contribution in [-0.4, -0.2) is 23.0 Å². The Kier molecular flexibility index (Phi) is 8.18. The molecule has 0 aromatic heterocycles. The summed E-state index contributed by atoms with van der Waals surface area (Å²) in [6.07, 6.45) is 6.77. The molecule has 1 rings (SSSR count). The Morgan fingerprint density at radius 2 is 1.68 bits per heavy atom. The van der Waals surface area contributed by atoms with Crippen LogP contribution < -0.4 is 5.32 Å². The first-order valence-electron chi connectivity index (χ1n) is 7.83. The first-order valence-corrected chi connectivity index (χ1v) is 7.83. The van der Waals surface area contributed by atoms with Crippen LogP contribution in [0.2, 0.25) is 0 Å². The molecule has 0 saturated carbocycles. The highest BCUT2D eigenvalue weighted by atomic mass is 19.1. The van der Waals surface area contributed by atoms with Crippen molar-refractivity contribution < 1.29 is 19.1 Å². The maximum Gasteiger partial charge on any atom is 0.326 e. The minimum absolute atomic E-state index is 0.260. The van der Waals surface area contributed by atoms with Gasteiger partial charge in [-0.3, -0.25) is 4.79 Å². The number of hydrogen-bond acceptors (Lipinski definition) is 2. The Morgan fingerprint density at radius 3 is 2.27 bits per heavy atom. The maximum absolute atomic E-state index is 12.8. The average Bonchev–Trinajstić information content (AvgIpc) is 2.49. The summed E-state index contributed by atoms with van der Waals surface area (Å²) in [6.45, 7) is 2.14. The summed E-state index contributed by atoms with van der Waals surface area (Å²) < 4.78 is 12.8. The Morgan fingerprint density at radius 1 is 1.09 bits per heavy atom. The van der Waals surface area contributed by atoms with E-state index in [0.29, 0.717) is 6.42 Å². The molecule has 1 aromatic carbocycles. The summed E-state index contributed by atoms with van der Waals surface area (Å²) in [7, 11) is 0. The molecule has 5 heteroatoms. The minimum Gasteiger partial charge on any atom is -0.480 e. The van der Waals surface area contributed by atoms with E-state index in [0.717, 1.165) is 25.7 Å². The number of carbonyl (C=O) groups excluding carboxylic acids is 1. The predicted octanol–water partition coefficient (Wildman–Crippen LogP) is 3.76. The third-order valence-electron chi connectivity index (χ3n) is 3.56. The van der Waals surface area contributed by atoms with Crippen molar-refractivity contribution in [3.05, 3.63) is 35.6 Å². The van der Waals surface area contributed by atoms with E-state index in [1.54, 1.807) is 0 Å².